The second-order valence-electron chi connectivity index (χ2n) is 9.73. The van der Waals surface area contributed by atoms with E-state index in [1.165, 1.54) is 10.8 Å². The molecule has 4 aromatic rings. The maximum absolute atomic E-state index is 12.7. The van der Waals surface area contributed by atoms with Crippen molar-refractivity contribution < 1.29 is 37.6 Å². The summed E-state index contributed by atoms with van der Waals surface area (Å²) >= 11 is 0. The number of carboxylic acids is 1. The van der Waals surface area contributed by atoms with Gasteiger partial charge < -0.3 is 25.9 Å². The van der Waals surface area contributed by atoms with Crippen LogP contribution in [0.15, 0.2) is 79.0 Å². The molecule has 0 saturated carbocycles. The number of nitrogens with one attached hydrogen (secondary N) is 5. The zero-order chi connectivity index (χ0) is 31.2. The van der Waals surface area contributed by atoms with Gasteiger partial charge in [-0.15, -0.1) is 0 Å². The molecule has 0 fully saturated rings. The highest BCUT2D eigenvalue weighted by Gasteiger charge is 2.29. The lowest BCUT2D eigenvalue weighted by Crippen LogP contribution is -2.39. The number of aliphatic carboxylic acids is 1. The SMILES string of the molecule is CNC(=O)CCCCC[C@H](NC(=O)NCc1ccccc1)c1[nH]c(-c2ccc3ccccc3c2)c[nH+]1.O=C([O-])C(F)(F)F. The predicted molar refractivity (Wildman–Crippen MR) is 153 cm³/mol. The number of benzene rings is 3. The average molecular weight is 598 g/mol. The zero-order valence-electron chi connectivity index (χ0n) is 23.6. The quantitative estimate of drug-likeness (QED) is 0.193. The third-order valence-corrected chi connectivity index (χ3v) is 6.56. The van der Waals surface area contributed by atoms with Crippen molar-refractivity contribution in [1.82, 2.24) is 20.9 Å². The zero-order valence-corrected chi connectivity index (χ0v) is 23.6. The number of urea groups is 1. The molecule has 4 rings (SSSR count). The number of aromatic amines is 2. The monoisotopic (exact) mass is 597 g/mol. The van der Waals surface area contributed by atoms with Gasteiger partial charge in [-0.3, -0.25) is 4.79 Å². The van der Waals surface area contributed by atoms with E-state index in [9.17, 15) is 22.8 Å². The molecular weight excluding hydrogens is 563 g/mol. The number of alkyl halides is 3. The summed E-state index contributed by atoms with van der Waals surface area (Å²) in [4.78, 5) is 39.8. The van der Waals surface area contributed by atoms with Crippen LogP contribution in [0.5, 0.6) is 0 Å². The van der Waals surface area contributed by atoms with E-state index in [2.05, 4.69) is 56.3 Å². The van der Waals surface area contributed by atoms with Crippen LogP contribution in [0.2, 0.25) is 0 Å². The fraction of sp³-hybridized carbons (Fsp3) is 0.290. The van der Waals surface area contributed by atoms with Crippen LogP contribution >= 0.6 is 0 Å². The lowest BCUT2D eigenvalue weighted by atomic mass is 10.1. The highest BCUT2D eigenvalue weighted by molar-refractivity contribution is 5.86. The van der Waals surface area contributed by atoms with E-state index in [0.717, 1.165) is 48.3 Å². The second kappa shape index (κ2) is 15.9. The van der Waals surface area contributed by atoms with Gasteiger partial charge in [0.25, 0.3) is 5.82 Å². The fourth-order valence-electron chi connectivity index (χ4n) is 4.28. The number of aromatic nitrogens is 2. The van der Waals surface area contributed by atoms with E-state index in [0.29, 0.717) is 13.0 Å². The smallest absolute Gasteiger partial charge is 0.430 e. The summed E-state index contributed by atoms with van der Waals surface area (Å²) in [7, 11) is 1.66. The molecule has 1 heterocycles. The van der Waals surface area contributed by atoms with Crippen molar-refractivity contribution in [3.05, 3.63) is 90.4 Å². The van der Waals surface area contributed by atoms with Crippen LogP contribution in [0.3, 0.4) is 0 Å². The molecule has 0 saturated heterocycles. The first-order valence-corrected chi connectivity index (χ1v) is 13.7. The number of carbonyl (C=O) groups excluding carboxylic acids is 3. The van der Waals surface area contributed by atoms with E-state index in [1.54, 1.807) is 7.05 Å². The van der Waals surface area contributed by atoms with Crippen LogP contribution in [0, 0.1) is 0 Å². The normalized spacial score (nSPS) is 11.6. The van der Waals surface area contributed by atoms with Crippen molar-refractivity contribution in [1.29, 1.82) is 0 Å². The summed E-state index contributed by atoms with van der Waals surface area (Å²) in [5.41, 5.74) is 3.09. The number of imidazole rings is 1. The van der Waals surface area contributed by atoms with Gasteiger partial charge in [-0.2, -0.15) is 13.2 Å². The minimum Gasteiger partial charge on any atom is -0.542 e. The molecule has 1 atom stereocenters. The number of fused-ring (bicyclic) bond motifs is 1. The number of H-pyrrole nitrogens is 2. The third kappa shape index (κ3) is 10.8. The first-order chi connectivity index (χ1) is 20.6. The van der Waals surface area contributed by atoms with Crippen molar-refractivity contribution in [2.45, 2.75) is 50.9 Å². The predicted octanol–water partition coefficient (Wildman–Crippen LogP) is 4.18. The summed E-state index contributed by atoms with van der Waals surface area (Å²) in [6, 6.07) is 24.1. The van der Waals surface area contributed by atoms with Crippen LogP contribution in [0.25, 0.3) is 22.0 Å². The summed E-state index contributed by atoms with van der Waals surface area (Å²) in [6.45, 7) is 0.461. The molecule has 0 spiro atoms. The Morgan fingerprint density at radius 3 is 2.28 bits per heavy atom. The van der Waals surface area contributed by atoms with Gasteiger partial charge in [-0.1, -0.05) is 73.5 Å². The van der Waals surface area contributed by atoms with Crippen LogP contribution in [-0.4, -0.2) is 36.1 Å². The molecule has 43 heavy (non-hydrogen) atoms. The standard InChI is InChI=1S/C29H33N5O2.C2HF3O2/c1-30-27(35)15-7-3-6-14-25(34-29(36)32-19-21-10-4-2-5-11-21)28-31-20-26(33-28)24-17-16-22-12-8-9-13-23(22)18-24;3-2(4,5)1(6)7/h2,4-5,8-13,16-18,20,25H,3,6-7,14-15,19H2,1H3,(H,30,35)(H,31,33)(H2,32,34,36);(H,6,7)/t25-;/m0./s1. The summed E-state index contributed by atoms with van der Waals surface area (Å²) in [5.74, 6) is -2.10. The minimum absolute atomic E-state index is 0.0580. The highest BCUT2D eigenvalue weighted by Crippen LogP contribution is 2.24. The molecule has 0 bridgehead atoms. The van der Waals surface area contributed by atoms with E-state index >= 15 is 0 Å². The maximum atomic E-state index is 12.7. The molecule has 0 aliphatic heterocycles. The fourth-order valence-corrected chi connectivity index (χ4v) is 4.28. The Balaban J connectivity index is 0.000000646. The lowest BCUT2D eigenvalue weighted by Gasteiger charge is -2.15. The molecule has 3 amide bonds. The summed E-state index contributed by atoms with van der Waals surface area (Å²) in [5, 5.41) is 19.9. The molecular formula is C31H34F3N5O4. The Bertz CT molecular complexity index is 1490. The topological polar surface area (TPSA) is 140 Å². The molecule has 5 N–H and O–H groups in total. The van der Waals surface area contributed by atoms with E-state index in [-0.39, 0.29) is 18.0 Å². The molecule has 0 unspecified atom stereocenters. The molecule has 0 aliphatic carbocycles. The van der Waals surface area contributed by atoms with Gasteiger partial charge in [0.1, 0.15) is 18.2 Å². The first-order valence-electron chi connectivity index (χ1n) is 13.7. The van der Waals surface area contributed by atoms with Gasteiger partial charge >= 0.3 is 12.2 Å². The number of hydrogen-bond donors (Lipinski definition) is 4. The second-order valence-corrected chi connectivity index (χ2v) is 9.73. The van der Waals surface area contributed by atoms with Crippen LogP contribution in [0.1, 0.15) is 49.5 Å². The Labute approximate surface area is 246 Å². The molecule has 12 heteroatoms. The third-order valence-electron chi connectivity index (χ3n) is 6.56. The highest BCUT2D eigenvalue weighted by atomic mass is 19.4. The van der Waals surface area contributed by atoms with Gasteiger partial charge in [0.05, 0.1) is 0 Å². The number of amides is 3. The van der Waals surface area contributed by atoms with Gasteiger partial charge in [-0.05, 0) is 41.3 Å². The summed E-state index contributed by atoms with van der Waals surface area (Å²) in [6.07, 6.45) is 0.646. The van der Waals surface area contributed by atoms with Crippen molar-refractivity contribution in [2.24, 2.45) is 0 Å². The molecule has 0 aliphatic rings. The van der Waals surface area contributed by atoms with Gasteiger partial charge in [0.15, 0.2) is 5.69 Å². The van der Waals surface area contributed by atoms with Crippen LogP contribution in [0.4, 0.5) is 18.0 Å². The van der Waals surface area contributed by atoms with E-state index < -0.39 is 12.1 Å². The molecule has 9 nitrogen and oxygen atoms in total. The first kappa shape index (κ1) is 32.6. The Kier molecular flexibility index (Phi) is 12.1. The van der Waals surface area contributed by atoms with Crippen LogP contribution in [-0.2, 0) is 16.1 Å². The molecule has 1 aromatic heterocycles. The summed E-state index contributed by atoms with van der Waals surface area (Å²) < 4.78 is 31.5. The number of halogens is 3. The lowest BCUT2D eigenvalue weighted by molar-refractivity contribution is -0.391. The Morgan fingerprint density at radius 1 is 0.930 bits per heavy atom. The average Bonchev–Trinajstić information content (AvgIpc) is 3.49. The number of carbonyl (C=O) groups is 3. The molecule has 0 radical (unpaired) electrons. The van der Waals surface area contributed by atoms with Crippen molar-refractivity contribution in [3.63, 3.8) is 0 Å². The van der Waals surface area contributed by atoms with Crippen LogP contribution < -0.4 is 26.0 Å². The van der Waals surface area contributed by atoms with E-state index in [1.807, 2.05) is 48.7 Å². The van der Waals surface area contributed by atoms with Gasteiger partial charge in [0.2, 0.25) is 5.91 Å². The number of unbranched alkanes of at least 4 members (excludes halogenated alkanes) is 2. The Morgan fingerprint density at radius 2 is 1.60 bits per heavy atom. The van der Waals surface area contributed by atoms with E-state index in [4.69, 9.17) is 9.90 Å². The number of rotatable bonds is 11. The van der Waals surface area contributed by atoms with Gasteiger partial charge in [-0.25, -0.2) is 14.8 Å². The molecule has 228 valence electrons. The molecule has 3 aromatic carbocycles. The number of hydrogen-bond acceptors (Lipinski definition) is 4. The van der Waals surface area contributed by atoms with Crippen molar-refractivity contribution in [2.75, 3.05) is 7.05 Å². The number of carboxylic acid groups (broad SMARTS) is 1. The Hall–Kier alpha value is -4.87. The van der Waals surface area contributed by atoms with Crippen molar-refractivity contribution in [3.8, 4) is 11.3 Å². The maximum Gasteiger partial charge on any atom is 0.430 e. The largest absolute Gasteiger partial charge is 0.542 e. The van der Waals surface area contributed by atoms with Gasteiger partial charge in [0, 0.05) is 25.6 Å². The van der Waals surface area contributed by atoms with Crippen molar-refractivity contribution >= 4 is 28.7 Å². The minimum atomic E-state index is -5.19.